The van der Waals surface area contributed by atoms with Crippen molar-refractivity contribution in [3.8, 4) is 5.75 Å². The second kappa shape index (κ2) is 9.43. The minimum Gasteiger partial charge on any atom is -0.497 e. The molecule has 1 atom stereocenters. The number of esters is 1. The second-order valence-corrected chi connectivity index (χ2v) is 9.74. The van der Waals surface area contributed by atoms with Crippen molar-refractivity contribution in [2.75, 3.05) is 25.2 Å². The average Bonchev–Trinajstić information content (AvgIpc) is 3.35. The molecule has 8 heteroatoms. The molecule has 0 bridgehead atoms. The maximum atomic E-state index is 12.8. The summed E-state index contributed by atoms with van der Waals surface area (Å²) in [6.45, 7) is -0.376. The lowest BCUT2D eigenvalue weighted by Crippen LogP contribution is -2.48. The molecule has 0 spiro atoms. The highest BCUT2D eigenvalue weighted by Gasteiger charge is 2.39. The third-order valence-corrected chi connectivity index (χ3v) is 7.22. The topological polar surface area (TPSA) is 90.0 Å². The highest BCUT2D eigenvalue weighted by Crippen LogP contribution is 2.29. The first-order valence-corrected chi connectivity index (χ1v) is 11.7. The molecule has 1 amide bonds. The molecule has 29 heavy (non-hydrogen) atoms. The molecule has 158 valence electrons. The fourth-order valence-electron chi connectivity index (χ4n) is 4.02. The molecule has 2 aliphatic rings. The van der Waals surface area contributed by atoms with Gasteiger partial charge in [0.05, 0.1) is 18.6 Å². The van der Waals surface area contributed by atoms with Crippen LogP contribution in [0, 0.1) is 0 Å². The van der Waals surface area contributed by atoms with Gasteiger partial charge in [-0.05, 0) is 43.0 Å². The molecule has 0 unspecified atom stereocenters. The van der Waals surface area contributed by atoms with Crippen LogP contribution in [0.2, 0.25) is 0 Å². The van der Waals surface area contributed by atoms with Crippen LogP contribution >= 0.6 is 0 Å². The molecule has 1 aromatic rings. The van der Waals surface area contributed by atoms with Crippen LogP contribution in [0.4, 0.5) is 0 Å². The molecular formula is C21H27NO6S. The molecule has 3 rings (SSSR count). The van der Waals surface area contributed by atoms with Crippen molar-refractivity contribution < 1.29 is 27.5 Å². The Morgan fingerprint density at radius 1 is 1.10 bits per heavy atom. The zero-order valence-corrected chi connectivity index (χ0v) is 17.4. The maximum absolute atomic E-state index is 12.8. The number of amides is 1. The molecule has 1 aliphatic heterocycles. The Morgan fingerprint density at radius 3 is 2.38 bits per heavy atom. The van der Waals surface area contributed by atoms with Crippen LogP contribution < -0.4 is 4.74 Å². The molecule has 1 heterocycles. The predicted molar refractivity (Wildman–Crippen MR) is 109 cm³/mol. The summed E-state index contributed by atoms with van der Waals surface area (Å²) in [5, 5.41) is 0. The van der Waals surface area contributed by atoms with Crippen LogP contribution in [0.1, 0.15) is 37.7 Å². The zero-order valence-electron chi connectivity index (χ0n) is 16.6. The van der Waals surface area contributed by atoms with Gasteiger partial charge in [0.15, 0.2) is 16.4 Å². The Morgan fingerprint density at radius 2 is 1.79 bits per heavy atom. The summed E-state index contributed by atoms with van der Waals surface area (Å²) >= 11 is 0. The van der Waals surface area contributed by atoms with Gasteiger partial charge in [0.25, 0.3) is 5.91 Å². The van der Waals surface area contributed by atoms with Gasteiger partial charge < -0.3 is 14.4 Å². The minimum atomic E-state index is -3.10. The first-order valence-electron chi connectivity index (χ1n) is 9.88. The Hall–Kier alpha value is -2.35. The summed E-state index contributed by atoms with van der Waals surface area (Å²) in [6.07, 6.45) is 7.12. The number of nitrogens with zero attached hydrogens (tertiary/aromatic N) is 1. The van der Waals surface area contributed by atoms with Crippen molar-refractivity contribution >= 4 is 27.8 Å². The van der Waals surface area contributed by atoms with Gasteiger partial charge in [-0.2, -0.15) is 0 Å². The first-order chi connectivity index (χ1) is 13.9. The normalized spacial score (nSPS) is 21.3. The van der Waals surface area contributed by atoms with Crippen LogP contribution in [0.25, 0.3) is 6.08 Å². The highest BCUT2D eigenvalue weighted by molar-refractivity contribution is 7.91. The molecule has 1 aliphatic carbocycles. The van der Waals surface area contributed by atoms with E-state index in [1.54, 1.807) is 42.4 Å². The number of rotatable bonds is 7. The third kappa shape index (κ3) is 5.82. The van der Waals surface area contributed by atoms with Crippen molar-refractivity contribution in [3.63, 3.8) is 0 Å². The van der Waals surface area contributed by atoms with Gasteiger partial charge in [-0.15, -0.1) is 0 Å². The van der Waals surface area contributed by atoms with Crippen molar-refractivity contribution in [1.29, 1.82) is 0 Å². The van der Waals surface area contributed by atoms with Gasteiger partial charge in [-0.1, -0.05) is 25.0 Å². The second-order valence-electron chi connectivity index (χ2n) is 7.51. The van der Waals surface area contributed by atoms with Crippen LogP contribution in [0.15, 0.2) is 30.3 Å². The van der Waals surface area contributed by atoms with Gasteiger partial charge in [0.1, 0.15) is 5.75 Å². The molecule has 1 aromatic carbocycles. The molecule has 0 radical (unpaired) electrons. The lowest BCUT2D eigenvalue weighted by atomic mass is 10.1. The van der Waals surface area contributed by atoms with Crippen LogP contribution in [-0.2, 0) is 24.2 Å². The van der Waals surface area contributed by atoms with Crippen molar-refractivity contribution in [1.82, 2.24) is 4.90 Å². The average molecular weight is 422 g/mol. The number of methoxy groups -OCH3 is 1. The number of hydrogen-bond acceptors (Lipinski definition) is 6. The summed E-state index contributed by atoms with van der Waals surface area (Å²) < 4.78 is 34.0. The van der Waals surface area contributed by atoms with Crippen molar-refractivity contribution in [2.24, 2.45) is 0 Å². The molecule has 7 nitrogen and oxygen atoms in total. The SMILES string of the molecule is COc1ccc(/C=C/C(=O)OCC(=O)N(C2CCCC2)[C@H]2CCS(=O)(=O)C2)cc1. The van der Waals surface area contributed by atoms with E-state index >= 15 is 0 Å². The molecule has 1 saturated carbocycles. The third-order valence-electron chi connectivity index (χ3n) is 5.47. The minimum absolute atomic E-state index is 0.000554. The van der Waals surface area contributed by atoms with Gasteiger partial charge in [0.2, 0.25) is 0 Å². The smallest absolute Gasteiger partial charge is 0.331 e. The Kier molecular flexibility index (Phi) is 6.95. The number of hydrogen-bond donors (Lipinski definition) is 0. The lowest BCUT2D eigenvalue weighted by molar-refractivity contribution is -0.150. The van der Waals surface area contributed by atoms with E-state index in [1.807, 2.05) is 0 Å². The lowest BCUT2D eigenvalue weighted by Gasteiger charge is -2.33. The molecule has 1 saturated heterocycles. The summed E-state index contributed by atoms with van der Waals surface area (Å²) in [5.41, 5.74) is 0.804. The number of benzene rings is 1. The summed E-state index contributed by atoms with van der Waals surface area (Å²) in [4.78, 5) is 26.5. The van der Waals surface area contributed by atoms with Crippen molar-refractivity contribution in [2.45, 2.75) is 44.2 Å². The maximum Gasteiger partial charge on any atom is 0.331 e. The molecule has 0 N–H and O–H groups in total. The highest BCUT2D eigenvalue weighted by atomic mass is 32.2. The van der Waals surface area contributed by atoms with E-state index in [2.05, 4.69) is 0 Å². The number of carbonyl (C=O) groups is 2. The van der Waals surface area contributed by atoms with E-state index in [1.165, 1.54) is 6.08 Å². The Balaban J connectivity index is 1.57. The van der Waals surface area contributed by atoms with E-state index in [-0.39, 0.29) is 36.1 Å². The van der Waals surface area contributed by atoms with Gasteiger partial charge in [-0.3, -0.25) is 4.79 Å². The van der Waals surface area contributed by atoms with Crippen LogP contribution in [-0.4, -0.2) is 62.5 Å². The van der Waals surface area contributed by atoms with Crippen molar-refractivity contribution in [3.05, 3.63) is 35.9 Å². The number of ether oxygens (including phenoxy) is 2. The van der Waals surface area contributed by atoms with Gasteiger partial charge in [-0.25, -0.2) is 13.2 Å². The fraction of sp³-hybridized carbons (Fsp3) is 0.524. The molecular weight excluding hydrogens is 394 g/mol. The standard InChI is InChI=1S/C21H27NO6S/c1-27-19-9-6-16(7-10-19)8-11-21(24)28-14-20(23)22(17-4-2-3-5-17)18-12-13-29(25,26)15-18/h6-11,17-18H,2-5,12-15H2,1H3/b11-8+/t18-/m0/s1. The largest absolute Gasteiger partial charge is 0.497 e. The zero-order chi connectivity index (χ0) is 20.9. The van der Waals surface area contributed by atoms with Crippen LogP contribution in [0.3, 0.4) is 0 Å². The Labute approximate surface area is 171 Å². The van der Waals surface area contributed by atoms with E-state index in [4.69, 9.17) is 9.47 Å². The summed E-state index contributed by atoms with van der Waals surface area (Å²) in [6, 6.07) is 6.89. The number of sulfone groups is 1. The van der Waals surface area contributed by atoms with Crippen LogP contribution in [0.5, 0.6) is 5.75 Å². The van der Waals surface area contributed by atoms with E-state index in [9.17, 15) is 18.0 Å². The number of carbonyl (C=O) groups excluding carboxylic acids is 2. The Bertz CT molecular complexity index is 856. The van der Waals surface area contributed by atoms with Gasteiger partial charge in [0, 0.05) is 18.2 Å². The molecule has 0 aromatic heterocycles. The quantitative estimate of drug-likeness (QED) is 0.495. The van der Waals surface area contributed by atoms with E-state index < -0.39 is 15.8 Å². The van der Waals surface area contributed by atoms with Gasteiger partial charge >= 0.3 is 5.97 Å². The molecule has 2 fully saturated rings. The summed E-state index contributed by atoms with van der Waals surface area (Å²) in [5.74, 6) is -0.0971. The monoisotopic (exact) mass is 421 g/mol. The fourth-order valence-corrected chi connectivity index (χ4v) is 5.73. The summed E-state index contributed by atoms with van der Waals surface area (Å²) in [7, 11) is -1.52. The van der Waals surface area contributed by atoms with E-state index in [0.717, 1.165) is 37.0 Å². The van der Waals surface area contributed by atoms with E-state index in [0.29, 0.717) is 6.42 Å². The predicted octanol–water partition coefficient (Wildman–Crippen LogP) is 2.21. The first kappa shape index (κ1) is 21.4.